The molecule has 0 N–H and O–H groups in total. The van der Waals surface area contributed by atoms with Gasteiger partial charge in [-0.3, -0.25) is 0 Å². The van der Waals surface area contributed by atoms with E-state index in [1.165, 1.54) is 54.9 Å². The Balaban J connectivity index is 1.01. The van der Waals surface area contributed by atoms with Gasteiger partial charge in [-0.15, -0.1) is 0 Å². The third kappa shape index (κ3) is 6.61. The van der Waals surface area contributed by atoms with Gasteiger partial charge >= 0.3 is 0 Å². The molecule has 0 fully saturated rings. The molecule has 0 saturated carbocycles. The Bertz CT molecular complexity index is 3650. The summed E-state index contributed by atoms with van der Waals surface area (Å²) in [6.07, 6.45) is 0. The summed E-state index contributed by atoms with van der Waals surface area (Å²) in [6.45, 7) is 0. The van der Waals surface area contributed by atoms with Crippen LogP contribution in [0.25, 0.3) is 99.1 Å². The van der Waals surface area contributed by atoms with Gasteiger partial charge in [0.05, 0.1) is 11.1 Å². The van der Waals surface area contributed by atoms with Crippen molar-refractivity contribution >= 4 is 60.5 Å². The molecule has 0 amide bonds. The molecule has 2 nitrogen and oxygen atoms in total. The highest BCUT2D eigenvalue weighted by Gasteiger charge is 2.23. The molecular formula is C62H41NO. The fourth-order valence-electron chi connectivity index (χ4n) is 9.54. The van der Waals surface area contributed by atoms with Crippen LogP contribution in [0.15, 0.2) is 253 Å². The maximum absolute atomic E-state index is 6.90. The number of hydrogen-bond acceptors (Lipinski definition) is 2. The quantitative estimate of drug-likeness (QED) is 0.152. The van der Waals surface area contributed by atoms with Crippen LogP contribution in [-0.2, 0) is 0 Å². The van der Waals surface area contributed by atoms with Gasteiger partial charge in [0, 0.05) is 22.3 Å². The Kier molecular flexibility index (Phi) is 9.20. The smallest absolute Gasteiger partial charge is 0.145 e. The maximum atomic E-state index is 6.90. The van der Waals surface area contributed by atoms with Crippen LogP contribution in [0, 0.1) is 0 Å². The summed E-state index contributed by atoms with van der Waals surface area (Å²) in [5, 5.41) is 7.04. The molecule has 0 bridgehead atoms. The van der Waals surface area contributed by atoms with E-state index in [0.29, 0.717) is 0 Å². The molecule has 1 aromatic heterocycles. The molecule has 11 aromatic carbocycles. The second-order valence-corrected chi connectivity index (χ2v) is 16.4. The van der Waals surface area contributed by atoms with E-state index in [0.717, 1.165) is 61.3 Å². The number of hydrogen-bond donors (Lipinski definition) is 0. The Morgan fingerprint density at radius 3 is 1.56 bits per heavy atom. The number of benzene rings is 11. The minimum Gasteiger partial charge on any atom is -0.455 e. The molecule has 0 aliphatic carbocycles. The van der Waals surface area contributed by atoms with Gasteiger partial charge in [0.1, 0.15) is 11.2 Å². The standard InChI is InChI=1S/C62H41NO/c1-2-15-44(16-3-1)53-22-8-9-23-54(53)46-32-36-52(37-33-46)63(51-34-30-43(31-35-51)48-20-12-21-49(40-48)50-29-28-42-14-4-5-18-47(42)41-50)59-39-38-57(56-26-13-19-45-17-6-7-24-55(45)56)62-61(59)58-25-10-11-27-60(58)64-62/h1-41H. The minimum absolute atomic E-state index is 0.862. The van der Waals surface area contributed by atoms with Crippen molar-refractivity contribution in [1.29, 1.82) is 0 Å². The van der Waals surface area contributed by atoms with Gasteiger partial charge in [-0.1, -0.05) is 194 Å². The monoisotopic (exact) mass is 815 g/mol. The molecule has 0 atom stereocenters. The van der Waals surface area contributed by atoms with E-state index in [1.807, 2.05) is 0 Å². The van der Waals surface area contributed by atoms with Gasteiger partial charge in [0.25, 0.3) is 0 Å². The Labute approximate surface area is 372 Å². The summed E-state index contributed by atoms with van der Waals surface area (Å²) in [5.41, 5.74) is 16.6. The summed E-state index contributed by atoms with van der Waals surface area (Å²) in [5.74, 6) is 0. The van der Waals surface area contributed by atoms with E-state index >= 15 is 0 Å². The van der Waals surface area contributed by atoms with Crippen LogP contribution in [0.3, 0.4) is 0 Å². The third-order valence-corrected chi connectivity index (χ3v) is 12.7. The van der Waals surface area contributed by atoms with Crippen molar-refractivity contribution < 1.29 is 4.42 Å². The average molecular weight is 816 g/mol. The van der Waals surface area contributed by atoms with Crippen molar-refractivity contribution in [2.75, 3.05) is 4.90 Å². The summed E-state index contributed by atoms with van der Waals surface area (Å²) in [4.78, 5) is 2.39. The summed E-state index contributed by atoms with van der Waals surface area (Å²) in [6, 6.07) is 89.5. The SMILES string of the molecule is c1ccc(-c2ccccc2-c2ccc(N(c3ccc(-c4cccc(-c5ccc6ccccc6c5)c4)cc3)c3ccc(-c4cccc5ccccc45)c4oc5ccccc5c34)cc2)cc1. The second kappa shape index (κ2) is 15.8. The highest BCUT2D eigenvalue weighted by molar-refractivity contribution is 6.18. The van der Waals surface area contributed by atoms with Gasteiger partial charge in [0.15, 0.2) is 0 Å². The van der Waals surface area contributed by atoms with Crippen molar-refractivity contribution in [2.24, 2.45) is 0 Å². The third-order valence-electron chi connectivity index (χ3n) is 12.7. The van der Waals surface area contributed by atoms with E-state index in [1.54, 1.807) is 0 Å². The van der Waals surface area contributed by atoms with Crippen molar-refractivity contribution in [1.82, 2.24) is 0 Å². The first-order valence-corrected chi connectivity index (χ1v) is 21.9. The lowest BCUT2D eigenvalue weighted by molar-refractivity contribution is 0.670. The van der Waals surface area contributed by atoms with Gasteiger partial charge < -0.3 is 9.32 Å². The van der Waals surface area contributed by atoms with Crippen molar-refractivity contribution in [3.05, 3.63) is 249 Å². The highest BCUT2D eigenvalue weighted by atomic mass is 16.3. The van der Waals surface area contributed by atoms with Crippen LogP contribution in [0.4, 0.5) is 17.1 Å². The van der Waals surface area contributed by atoms with Gasteiger partial charge in [-0.2, -0.15) is 0 Å². The lowest BCUT2D eigenvalue weighted by Crippen LogP contribution is -2.10. The first-order chi connectivity index (χ1) is 31.7. The van der Waals surface area contributed by atoms with E-state index in [4.69, 9.17) is 4.42 Å². The zero-order chi connectivity index (χ0) is 42.4. The van der Waals surface area contributed by atoms with E-state index in [2.05, 4.69) is 254 Å². The molecule has 12 aromatic rings. The van der Waals surface area contributed by atoms with Gasteiger partial charge in [-0.25, -0.2) is 0 Å². The molecule has 64 heavy (non-hydrogen) atoms. The molecule has 0 aliphatic rings. The predicted molar refractivity (Wildman–Crippen MR) is 271 cm³/mol. The number of anilines is 3. The van der Waals surface area contributed by atoms with Crippen molar-refractivity contribution in [3.8, 4) is 55.6 Å². The molecule has 0 aliphatic heterocycles. The largest absolute Gasteiger partial charge is 0.455 e. The number of fused-ring (bicyclic) bond motifs is 5. The normalized spacial score (nSPS) is 11.4. The Morgan fingerprint density at radius 2 is 0.797 bits per heavy atom. The fraction of sp³-hybridized carbons (Fsp3) is 0. The summed E-state index contributed by atoms with van der Waals surface area (Å²) in [7, 11) is 0. The Hall–Kier alpha value is -8.46. The highest BCUT2D eigenvalue weighted by Crippen LogP contribution is 2.47. The minimum atomic E-state index is 0.862. The van der Waals surface area contributed by atoms with Crippen LogP contribution in [0.2, 0.25) is 0 Å². The molecule has 12 rings (SSSR count). The van der Waals surface area contributed by atoms with Crippen LogP contribution >= 0.6 is 0 Å². The first kappa shape index (κ1) is 37.3. The van der Waals surface area contributed by atoms with Gasteiger partial charge in [0.2, 0.25) is 0 Å². The zero-order valence-corrected chi connectivity index (χ0v) is 35.0. The Morgan fingerprint density at radius 1 is 0.281 bits per heavy atom. The van der Waals surface area contributed by atoms with Crippen molar-refractivity contribution in [3.63, 3.8) is 0 Å². The number of para-hydroxylation sites is 1. The van der Waals surface area contributed by atoms with Gasteiger partial charge in [-0.05, 0) is 126 Å². The molecule has 0 radical (unpaired) electrons. The number of furan rings is 1. The van der Waals surface area contributed by atoms with E-state index in [9.17, 15) is 0 Å². The molecular weight excluding hydrogens is 775 g/mol. The number of nitrogens with zero attached hydrogens (tertiary/aromatic N) is 1. The lowest BCUT2D eigenvalue weighted by Gasteiger charge is -2.27. The molecule has 1 heterocycles. The molecule has 2 heteroatoms. The topological polar surface area (TPSA) is 16.4 Å². The first-order valence-electron chi connectivity index (χ1n) is 21.9. The zero-order valence-electron chi connectivity index (χ0n) is 35.0. The van der Waals surface area contributed by atoms with Crippen LogP contribution in [0.1, 0.15) is 0 Å². The molecule has 0 unspecified atom stereocenters. The van der Waals surface area contributed by atoms with Crippen LogP contribution in [-0.4, -0.2) is 0 Å². The second-order valence-electron chi connectivity index (χ2n) is 16.4. The summed E-state index contributed by atoms with van der Waals surface area (Å²) < 4.78 is 6.90. The van der Waals surface area contributed by atoms with Crippen LogP contribution in [0.5, 0.6) is 0 Å². The fourth-order valence-corrected chi connectivity index (χ4v) is 9.54. The van der Waals surface area contributed by atoms with Crippen molar-refractivity contribution in [2.45, 2.75) is 0 Å². The lowest BCUT2D eigenvalue weighted by atomic mass is 9.94. The molecule has 0 saturated heterocycles. The maximum Gasteiger partial charge on any atom is 0.145 e. The average Bonchev–Trinajstić information content (AvgIpc) is 3.77. The molecule has 0 spiro atoms. The number of rotatable bonds is 8. The predicted octanol–water partition coefficient (Wildman–Crippen LogP) is 17.7. The molecule has 300 valence electrons. The van der Waals surface area contributed by atoms with E-state index in [-0.39, 0.29) is 0 Å². The van der Waals surface area contributed by atoms with E-state index < -0.39 is 0 Å². The van der Waals surface area contributed by atoms with Crippen LogP contribution < -0.4 is 4.90 Å². The summed E-state index contributed by atoms with van der Waals surface area (Å²) >= 11 is 0.